The lowest BCUT2D eigenvalue weighted by molar-refractivity contribution is -0.0201. The van der Waals surface area contributed by atoms with Crippen molar-refractivity contribution in [2.45, 2.75) is 45.7 Å². The van der Waals surface area contributed by atoms with Gasteiger partial charge in [0.25, 0.3) is 0 Å². The summed E-state index contributed by atoms with van der Waals surface area (Å²) >= 11 is 0. The Kier molecular flexibility index (Phi) is 8.59. The van der Waals surface area contributed by atoms with Crippen LogP contribution in [0.2, 0.25) is 0 Å². The summed E-state index contributed by atoms with van der Waals surface area (Å²) in [7, 11) is 0. The molecule has 1 fully saturated rings. The molecule has 1 rings (SSSR count). The Labute approximate surface area is 112 Å². The summed E-state index contributed by atoms with van der Waals surface area (Å²) in [5.74, 6) is 0. The predicted octanol–water partition coefficient (Wildman–Crippen LogP) is 1.50. The van der Waals surface area contributed by atoms with Crippen LogP contribution in [0.1, 0.15) is 33.6 Å². The number of hydrogen-bond acceptors (Lipinski definition) is 4. The Balaban J connectivity index is 2.17. The Morgan fingerprint density at radius 1 is 1.39 bits per heavy atom. The predicted molar refractivity (Wildman–Crippen MR) is 75.0 cm³/mol. The van der Waals surface area contributed by atoms with E-state index in [4.69, 9.17) is 9.47 Å². The molecule has 108 valence electrons. The van der Waals surface area contributed by atoms with E-state index in [9.17, 15) is 0 Å². The highest BCUT2D eigenvalue weighted by Crippen LogP contribution is 2.06. The molecule has 0 aliphatic carbocycles. The topological polar surface area (TPSA) is 33.7 Å². The van der Waals surface area contributed by atoms with E-state index in [2.05, 4.69) is 31.0 Å². The van der Waals surface area contributed by atoms with Crippen molar-refractivity contribution in [3.8, 4) is 0 Å². The summed E-state index contributed by atoms with van der Waals surface area (Å²) < 4.78 is 11.2. The second-order valence-electron chi connectivity index (χ2n) is 5.29. The highest BCUT2D eigenvalue weighted by atomic mass is 16.5. The molecule has 0 aromatic carbocycles. The standard InChI is InChI=1S/C14H30N2O2/c1-4-5-8-17-9-6-16-7-10-18-12-14(16)11-15-13(2)3/h13-15H,4-12H2,1-3H3. The first-order valence-corrected chi connectivity index (χ1v) is 7.37. The van der Waals surface area contributed by atoms with E-state index >= 15 is 0 Å². The number of nitrogens with zero attached hydrogens (tertiary/aromatic N) is 1. The fraction of sp³-hybridized carbons (Fsp3) is 1.00. The molecule has 18 heavy (non-hydrogen) atoms. The summed E-state index contributed by atoms with van der Waals surface area (Å²) in [6.45, 7) is 13.1. The van der Waals surface area contributed by atoms with E-state index in [1.807, 2.05) is 0 Å². The van der Waals surface area contributed by atoms with Crippen molar-refractivity contribution in [3.05, 3.63) is 0 Å². The van der Waals surface area contributed by atoms with Gasteiger partial charge in [0.2, 0.25) is 0 Å². The van der Waals surface area contributed by atoms with Crippen molar-refractivity contribution in [3.63, 3.8) is 0 Å². The van der Waals surface area contributed by atoms with E-state index in [0.717, 1.165) is 46.1 Å². The average Bonchev–Trinajstić information content (AvgIpc) is 2.37. The molecule has 1 unspecified atom stereocenters. The summed E-state index contributed by atoms with van der Waals surface area (Å²) in [5, 5.41) is 3.49. The zero-order valence-electron chi connectivity index (χ0n) is 12.3. The molecule has 1 heterocycles. The van der Waals surface area contributed by atoms with Gasteiger partial charge in [-0.05, 0) is 6.42 Å². The largest absolute Gasteiger partial charge is 0.380 e. The van der Waals surface area contributed by atoms with E-state index in [0.29, 0.717) is 12.1 Å². The van der Waals surface area contributed by atoms with Crippen LogP contribution in [0.3, 0.4) is 0 Å². The first-order chi connectivity index (χ1) is 8.74. The Hall–Kier alpha value is -0.160. The highest BCUT2D eigenvalue weighted by Gasteiger charge is 2.22. The van der Waals surface area contributed by atoms with Crippen molar-refractivity contribution in [1.29, 1.82) is 0 Å². The highest BCUT2D eigenvalue weighted by molar-refractivity contribution is 4.78. The van der Waals surface area contributed by atoms with Crippen LogP contribution in [0, 0.1) is 0 Å². The molecular weight excluding hydrogens is 228 g/mol. The minimum atomic E-state index is 0.496. The van der Waals surface area contributed by atoms with Gasteiger partial charge in [0.1, 0.15) is 0 Å². The molecule has 4 nitrogen and oxygen atoms in total. The third-order valence-corrected chi connectivity index (χ3v) is 3.28. The van der Waals surface area contributed by atoms with Crippen molar-refractivity contribution < 1.29 is 9.47 Å². The maximum atomic E-state index is 5.65. The second kappa shape index (κ2) is 9.73. The first kappa shape index (κ1) is 15.9. The van der Waals surface area contributed by atoms with Crippen molar-refractivity contribution in [2.75, 3.05) is 46.1 Å². The maximum Gasteiger partial charge on any atom is 0.0634 e. The fourth-order valence-corrected chi connectivity index (χ4v) is 2.07. The van der Waals surface area contributed by atoms with Crippen LogP contribution in [0.5, 0.6) is 0 Å². The zero-order valence-corrected chi connectivity index (χ0v) is 12.3. The lowest BCUT2D eigenvalue weighted by Crippen LogP contribution is -2.52. The van der Waals surface area contributed by atoms with Gasteiger partial charge < -0.3 is 14.8 Å². The van der Waals surface area contributed by atoms with Crippen LogP contribution >= 0.6 is 0 Å². The van der Waals surface area contributed by atoms with Crippen molar-refractivity contribution >= 4 is 0 Å². The van der Waals surface area contributed by atoms with Gasteiger partial charge in [-0.1, -0.05) is 27.2 Å². The van der Waals surface area contributed by atoms with Crippen LogP contribution < -0.4 is 5.32 Å². The molecule has 1 aliphatic rings. The van der Waals surface area contributed by atoms with Gasteiger partial charge in [0.15, 0.2) is 0 Å². The number of morpholine rings is 1. The number of rotatable bonds is 9. The summed E-state index contributed by atoms with van der Waals surface area (Å²) in [4.78, 5) is 2.49. The monoisotopic (exact) mass is 258 g/mol. The molecule has 0 spiro atoms. The Morgan fingerprint density at radius 3 is 2.94 bits per heavy atom. The van der Waals surface area contributed by atoms with Crippen LogP contribution in [0.4, 0.5) is 0 Å². The van der Waals surface area contributed by atoms with Gasteiger partial charge in [0, 0.05) is 38.3 Å². The lowest BCUT2D eigenvalue weighted by Gasteiger charge is -2.36. The van der Waals surface area contributed by atoms with Gasteiger partial charge in [-0.15, -0.1) is 0 Å². The molecule has 4 heteroatoms. The van der Waals surface area contributed by atoms with Crippen LogP contribution in [0.25, 0.3) is 0 Å². The number of unbranched alkanes of at least 4 members (excludes halogenated alkanes) is 1. The van der Waals surface area contributed by atoms with Gasteiger partial charge in [-0.25, -0.2) is 0 Å². The summed E-state index contributed by atoms with van der Waals surface area (Å²) in [6, 6.07) is 1.03. The van der Waals surface area contributed by atoms with Gasteiger partial charge in [-0.3, -0.25) is 4.90 Å². The van der Waals surface area contributed by atoms with Crippen molar-refractivity contribution in [1.82, 2.24) is 10.2 Å². The van der Waals surface area contributed by atoms with Gasteiger partial charge in [0.05, 0.1) is 19.8 Å². The fourth-order valence-electron chi connectivity index (χ4n) is 2.07. The van der Waals surface area contributed by atoms with Crippen LogP contribution in [-0.2, 0) is 9.47 Å². The quantitative estimate of drug-likeness (QED) is 0.636. The zero-order chi connectivity index (χ0) is 13.2. The summed E-state index contributed by atoms with van der Waals surface area (Å²) in [6.07, 6.45) is 2.37. The lowest BCUT2D eigenvalue weighted by atomic mass is 10.2. The molecule has 0 saturated carbocycles. The Morgan fingerprint density at radius 2 is 2.22 bits per heavy atom. The number of hydrogen-bond donors (Lipinski definition) is 1. The minimum absolute atomic E-state index is 0.496. The van der Waals surface area contributed by atoms with Gasteiger partial charge in [-0.2, -0.15) is 0 Å². The molecule has 1 N–H and O–H groups in total. The van der Waals surface area contributed by atoms with Crippen molar-refractivity contribution in [2.24, 2.45) is 0 Å². The molecule has 0 radical (unpaired) electrons. The first-order valence-electron chi connectivity index (χ1n) is 7.37. The number of nitrogens with one attached hydrogen (secondary N) is 1. The van der Waals surface area contributed by atoms with E-state index in [1.165, 1.54) is 12.8 Å². The van der Waals surface area contributed by atoms with E-state index < -0.39 is 0 Å². The minimum Gasteiger partial charge on any atom is -0.380 e. The molecule has 0 bridgehead atoms. The van der Waals surface area contributed by atoms with Crippen LogP contribution in [-0.4, -0.2) is 63.0 Å². The average molecular weight is 258 g/mol. The third-order valence-electron chi connectivity index (χ3n) is 3.28. The number of ether oxygens (including phenoxy) is 2. The molecule has 0 aromatic heterocycles. The summed E-state index contributed by atoms with van der Waals surface area (Å²) in [5.41, 5.74) is 0. The molecule has 1 atom stereocenters. The molecule has 1 saturated heterocycles. The van der Waals surface area contributed by atoms with Crippen LogP contribution in [0.15, 0.2) is 0 Å². The van der Waals surface area contributed by atoms with E-state index in [1.54, 1.807) is 0 Å². The molecule has 0 aromatic rings. The SMILES string of the molecule is CCCCOCCN1CCOCC1CNC(C)C. The van der Waals surface area contributed by atoms with E-state index in [-0.39, 0.29) is 0 Å². The molecule has 0 amide bonds. The maximum absolute atomic E-state index is 5.65. The van der Waals surface area contributed by atoms with Gasteiger partial charge >= 0.3 is 0 Å². The Bertz CT molecular complexity index is 200. The third kappa shape index (κ3) is 6.69. The second-order valence-corrected chi connectivity index (χ2v) is 5.29. The smallest absolute Gasteiger partial charge is 0.0634 e. The molecule has 1 aliphatic heterocycles. The molecular formula is C14H30N2O2. The normalized spacial score (nSPS) is 21.7.